The van der Waals surface area contributed by atoms with Crippen molar-refractivity contribution < 1.29 is 28.5 Å². The van der Waals surface area contributed by atoms with Gasteiger partial charge in [0.1, 0.15) is 12.2 Å². The van der Waals surface area contributed by atoms with Crippen LogP contribution in [0.3, 0.4) is 0 Å². The van der Waals surface area contributed by atoms with Gasteiger partial charge in [-0.2, -0.15) is 9.97 Å². The van der Waals surface area contributed by atoms with E-state index in [0.717, 1.165) is 11.1 Å². The summed E-state index contributed by atoms with van der Waals surface area (Å²) in [5, 5.41) is 46.3. The summed E-state index contributed by atoms with van der Waals surface area (Å²) in [6, 6.07) is 14.3. The fraction of sp³-hybridized carbons (Fsp3) is 0.400. The zero-order chi connectivity index (χ0) is 32.1. The number of carbonyl (C=O) groups is 1. The highest BCUT2D eigenvalue weighted by Gasteiger charge is 2.43. The molecule has 0 aliphatic heterocycles. The van der Waals surface area contributed by atoms with Gasteiger partial charge in [-0.05, 0) is 42.5 Å². The first kappa shape index (κ1) is 32.2. The highest BCUT2D eigenvalue weighted by atomic mass is 32.2. The highest BCUT2D eigenvalue weighted by molar-refractivity contribution is 7.89. The number of anilines is 2. The molecule has 1 aliphatic rings. The van der Waals surface area contributed by atoms with Gasteiger partial charge in [-0.15, -0.1) is 0 Å². The van der Waals surface area contributed by atoms with Gasteiger partial charge in [-0.25, -0.2) is 18.5 Å². The fourth-order valence-corrected chi connectivity index (χ4v) is 6.01. The zero-order valence-electron chi connectivity index (χ0n) is 24.7. The minimum absolute atomic E-state index is 0.0302. The molecule has 2 aromatic carbocycles. The van der Waals surface area contributed by atoms with Crippen molar-refractivity contribution in [1.82, 2.24) is 24.8 Å². The van der Waals surface area contributed by atoms with Gasteiger partial charge in [-0.1, -0.05) is 49.4 Å². The van der Waals surface area contributed by atoms with E-state index in [-0.39, 0.29) is 36.2 Å². The Morgan fingerprint density at radius 2 is 1.80 bits per heavy atom. The molecule has 1 saturated carbocycles. The second-order valence-corrected chi connectivity index (χ2v) is 12.7. The third-order valence-corrected chi connectivity index (χ3v) is 8.86. The Labute approximate surface area is 260 Å². The van der Waals surface area contributed by atoms with E-state index >= 15 is 0 Å². The Morgan fingerprint density at radius 3 is 2.47 bits per heavy atom. The van der Waals surface area contributed by atoms with Crippen LogP contribution in [0.2, 0.25) is 0 Å². The summed E-state index contributed by atoms with van der Waals surface area (Å²) in [6.07, 6.45) is 0.720. The largest absolute Gasteiger partial charge is 0.394 e. The van der Waals surface area contributed by atoms with E-state index in [9.17, 15) is 28.5 Å². The molecule has 2 heterocycles. The quantitative estimate of drug-likeness (QED) is 0.108. The van der Waals surface area contributed by atoms with Crippen molar-refractivity contribution in [2.24, 2.45) is 5.14 Å². The van der Waals surface area contributed by atoms with E-state index in [2.05, 4.69) is 25.9 Å². The number of imidazole rings is 1. The third-order valence-electron chi connectivity index (χ3n) is 7.93. The van der Waals surface area contributed by atoms with Crippen LogP contribution in [-0.2, 0) is 27.7 Å². The number of aliphatic hydroxyl groups excluding tert-OH is 3. The molecule has 5 rings (SSSR count). The third kappa shape index (κ3) is 7.57. The highest BCUT2D eigenvalue weighted by Crippen LogP contribution is 2.34. The number of aliphatic hydroxyl groups is 3. The number of hydrogen-bond donors (Lipinski definition) is 7. The molecule has 1 fully saturated rings. The van der Waals surface area contributed by atoms with Crippen molar-refractivity contribution in [3.63, 3.8) is 0 Å². The molecular weight excluding hydrogens is 600 g/mol. The second-order valence-electron chi connectivity index (χ2n) is 11.1. The van der Waals surface area contributed by atoms with Gasteiger partial charge in [-0.3, -0.25) is 4.79 Å². The first-order valence-corrected chi connectivity index (χ1v) is 16.3. The summed E-state index contributed by atoms with van der Waals surface area (Å²) < 4.78 is 24.9. The molecule has 0 unspecified atom stereocenters. The van der Waals surface area contributed by atoms with Crippen LogP contribution in [0, 0.1) is 0 Å². The maximum Gasteiger partial charge on any atom is 0.238 e. The van der Waals surface area contributed by atoms with Crippen LogP contribution in [0.4, 0.5) is 11.8 Å². The molecule has 2 aromatic heterocycles. The minimum Gasteiger partial charge on any atom is -0.394 e. The summed E-state index contributed by atoms with van der Waals surface area (Å²) in [6.45, 7) is 1.95. The maximum absolute atomic E-state index is 12.0. The van der Waals surface area contributed by atoms with Crippen molar-refractivity contribution >= 4 is 38.9 Å². The van der Waals surface area contributed by atoms with E-state index in [1.807, 2.05) is 30.3 Å². The number of nitrogens with two attached hydrogens (primary N) is 1. The van der Waals surface area contributed by atoms with Gasteiger partial charge in [0.2, 0.25) is 21.9 Å². The Morgan fingerprint density at radius 1 is 1.07 bits per heavy atom. The number of hydrogen-bond acceptors (Lipinski definition) is 11. The standard InChI is InChI=1S/C30H38N8O6S/c1-2-24(40)35-22-15-23(27(42)26(22)41)38-17-33-25-28(32-13-12-18-8-10-21(11-9-18)45(31,43)44)36-30(37-29(25)38)34-20(16-39)14-19-6-4-3-5-7-19/h3-11,17,20,22-23,26-27,39,41-42H,2,12-16H2,1H3,(H,35,40)(H2,31,43,44)(H2,32,34,36,37)/t20-,22-,23+,26+,27-/m0/s1. The topological polar surface area (TPSA) is 218 Å². The van der Waals surface area contributed by atoms with Gasteiger partial charge >= 0.3 is 0 Å². The molecule has 240 valence electrons. The van der Waals surface area contributed by atoms with Crippen molar-refractivity contribution in [2.75, 3.05) is 23.8 Å². The fourth-order valence-electron chi connectivity index (χ4n) is 5.50. The van der Waals surface area contributed by atoms with E-state index in [0.29, 0.717) is 36.4 Å². The monoisotopic (exact) mass is 638 g/mol. The number of aromatic nitrogens is 4. The summed E-state index contributed by atoms with van der Waals surface area (Å²) in [7, 11) is -3.79. The minimum atomic E-state index is -3.79. The molecule has 14 nitrogen and oxygen atoms in total. The molecule has 8 N–H and O–H groups in total. The van der Waals surface area contributed by atoms with Crippen LogP contribution in [-0.4, -0.2) is 86.6 Å². The van der Waals surface area contributed by atoms with E-state index in [1.165, 1.54) is 18.5 Å². The lowest BCUT2D eigenvalue weighted by Crippen LogP contribution is -2.42. The van der Waals surface area contributed by atoms with E-state index in [1.54, 1.807) is 23.6 Å². The Hall–Kier alpha value is -4.15. The van der Waals surface area contributed by atoms with Crippen LogP contribution < -0.4 is 21.1 Å². The lowest BCUT2D eigenvalue weighted by molar-refractivity contribution is -0.122. The molecule has 15 heteroatoms. The van der Waals surface area contributed by atoms with Gasteiger partial charge < -0.3 is 35.8 Å². The van der Waals surface area contributed by atoms with Crippen LogP contribution in [0.1, 0.15) is 36.9 Å². The van der Waals surface area contributed by atoms with Crippen LogP contribution in [0.5, 0.6) is 0 Å². The number of carbonyl (C=O) groups excluding carboxylic acids is 1. The summed E-state index contributed by atoms with van der Waals surface area (Å²) in [5.41, 5.74) is 2.71. The Kier molecular flexibility index (Phi) is 9.94. The van der Waals surface area contributed by atoms with Crippen molar-refractivity contribution in [1.29, 1.82) is 0 Å². The normalized spacial score (nSPS) is 20.6. The predicted octanol–water partition coefficient (Wildman–Crippen LogP) is 0.705. The summed E-state index contributed by atoms with van der Waals surface area (Å²) >= 11 is 0. The zero-order valence-corrected chi connectivity index (χ0v) is 25.6. The molecule has 4 aromatic rings. The average Bonchev–Trinajstić information content (AvgIpc) is 3.57. The number of rotatable bonds is 13. The van der Waals surface area contributed by atoms with Crippen molar-refractivity contribution in [3.8, 4) is 0 Å². The van der Waals surface area contributed by atoms with Gasteiger partial charge in [0.05, 0.1) is 36.0 Å². The molecule has 0 radical (unpaired) electrons. The number of amides is 1. The first-order chi connectivity index (χ1) is 21.6. The number of benzene rings is 2. The van der Waals surface area contributed by atoms with Gasteiger partial charge in [0.25, 0.3) is 0 Å². The number of fused-ring (bicyclic) bond motifs is 1. The van der Waals surface area contributed by atoms with E-state index < -0.39 is 40.4 Å². The molecular formula is C30H38N8O6S. The van der Waals surface area contributed by atoms with Gasteiger partial charge in [0.15, 0.2) is 17.0 Å². The first-order valence-electron chi connectivity index (χ1n) is 14.7. The number of primary sulfonamides is 1. The molecule has 0 bridgehead atoms. The molecule has 0 saturated heterocycles. The Bertz CT molecular complexity index is 1720. The molecule has 1 aliphatic carbocycles. The molecule has 1 amide bonds. The lowest BCUT2D eigenvalue weighted by atomic mass is 10.1. The van der Waals surface area contributed by atoms with Gasteiger partial charge in [0, 0.05) is 13.0 Å². The summed E-state index contributed by atoms with van der Waals surface area (Å²) in [4.78, 5) is 26.0. The smallest absolute Gasteiger partial charge is 0.238 e. The molecule has 45 heavy (non-hydrogen) atoms. The molecule has 5 atom stereocenters. The average molecular weight is 639 g/mol. The maximum atomic E-state index is 12.0. The lowest BCUT2D eigenvalue weighted by Gasteiger charge is -2.20. The number of nitrogens with zero attached hydrogens (tertiary/aromatic N) is 4. The van der Waals surface area contributed by atoms with Crippen LogP contribution in [0.25, 0.3) is 11.2 Å². The van der Waals surface area contributed by atoms with Crippen molar-refractivity contribution in [2.45, 2.75) is 67.8 Å². The van der Waals surface area contributed by atoms with E-state index in [4.69, 9.17) is 10.1 Å². The van der Waals surface area contributed by atoms with Crippen LogP contribution >= 0.6 is 0 Å². The Balaban J connectivity index is 1.42. The van der Waals surface area contributed by atoms with Crippen molar-refractivity contribution in [3.05, 3.63) is 72.1 Å². The van der Waals surface area contributed by atoms with Crippen LogP contribution in [0.15, 0.2) is 65.8 Å². The number of sulfonamides is 1. The number of nitrogens with one attached hydrogen (secondary N) is 3. The molecule has 0 spiro atoms. The second kappa shape index (κ2) is 13.9. The summed E-state index contributed by atoms with van der Waals surface area (Å²) in [5.74, 6) is 0.404. The SMILES string of the molecule is CCC(=O)N[C@H]1C[C@@H](n2cnc3c(NCCc4ccc(S(N)(=O)=O)cc4)nc(N[C@H](CO)Cc4ccccc4)nc32)[C@H](O)[C@@H]1O. The predicted molar refractivity (Wildman–Crippen MR) is 168 cm³/mol.